The van der Waals surface area contributed by atoms with E-state index in [9.17, 15) is 4.79 Å². The van der Waals surface area contributed by atoms with E-state index in [1.54, 1.807) is 25.3 Å². The van der Waals surface area contributed by atoms with Crippen LogP contribution in [0.25, 0.3) is 16.7 Å². The zero-order valence-electron chi connectivity index (χ0n) is 8.34. The first kappa shape index (κ1) is 8.84. The molecule has 3 rings (SSSR count). The third-order valence-electron chi connectivity index (χ3n) is 2.37. The van der Waals surface area contributed by atoms with Gasteiger partial charge in [0.15, 0.2) is 0 Å². The van der Waals surface area contributed by atoms with Gasteiger partial charge in [-0.05, 0) is 22.6 Å². The number of nitrogens with zero attached hydrogens (tertiary/aromatic N) is 4. The third-order valence-corrected chi connectivity index (χ3v) is 2.37. The van der Waals surface area contributed by atoms with E-state index in [0.29, 0.717) is 22.4 Å². The van der Waals surface area contributed by atoms with Gasteiger partial charge >= 0.3 is 0 Å². The van der Waals surface area contributed by atoms with Gasteiger partial charge in [0.1, 0.15) is 5.75 Å². The number of nitrogens with one attached hydrogen (secondary N) is 1. The fourth-order valence-corrected chi connectivity index (χ4v) is 1.60. The molecule has 2 aromatic heterocycles. The van der Waals surface area contributed by atoms with Gasteiger partial charge in [0.05, 0.1) is 18.0 Å². The summed E-state index contributed by atoms with van der Waals surface area (Å²) in [5, 5.41) is 11.5. The summed E-state index contributed by atoms with van der Waals surface area (Å²) in [6.07, 6.45) is 0. The van der Waals surface area contributed by atoms with Crippen molar-refractivity contribution >= 4 is 16.7 Å². The number of benzene rings is 1. The van der Waals surface area contributed by atoms with Crippen molar-refractivity contribution in [3.8, 4) is 5.75 Å². The standard InChI is InChI=1S/C9H7N5O2/c1-16-5-2-3-6-7(4-5)14-9(10-8(6)15)11-12-13-14/h2-4H,1H3,(H,10,11,13,15). The van der Waals surface area contributed by atoms with Crippen molar-refractivity contribution in [2.75, 3.05) is 7.11 Å². The van der Waals surface area contributed by atoms with E-state index in [1.807, 2.05) is 0 Å². The molecule has 3 aromatic rings. The summed E-state index contributed by atoms with van der Waals surface area (Å²) in [6.45, 7) is 0. The lowest BCUT2D eigenvalue weighted by Crippen LogP contribution is -2.10. The van der Waals surface area contributed by atoms with Gasteiger partial charge < -0.3 is 4.74 Å². The Morgan fingerprint density at radius 3 is 3.12 bits per heavy atom. The lowest BCUT2D eigenvalue weighted by Gasteiger charge is -2.02. The molecule has 0 aliphatic carbocycles. The van der Waals surface area contributed by atoms with E-state index in [2.05, 4.69) is 20.5 Å². The minimum atomic E-state index is -0.222. The topological polar surface area (TPSA) is 85.2 Å². The molecule has 7 heteroatoms. The minimum Gasteiger partial charge on any atom is -0.497 e. The molecule has 16 heavy (non-hydrogen) atoms. The van der Waals surface area contributed by atoms with Crippen molar-refractivity contribution in [3.63, 3.8) is 0 Å². The largest absolute Gasteiger partial charge is 0.497 e. The van der Waals surface area contributed by atoms with Crippen molar-refractivity contribution < 1.29 is 4.74 Å². The zero-order chi connectivity index (χ0) is 11.1. The van der Waals surface area contributed by atoms with E-state index >= 15 is 0 Å². The maximum Gasteiger partial charge on any atom is 0.260 e. The fraction of sp³-hybridized carbons (Fsp3) is 0.111. The number of aromatic nitrogens is 5. The van der Waals surface area contributed by atoms with Crippen molar-refractivity contribution in [2.24, 2.45) is 0 Å². The molecule has 0 aliphatic rings. The van der Waals surface area contributed by atoms with Crippen LogP contribution in [0.2, 0.25) is 0 Å². The van der Waals surface area contributed by atoms with E-state index in [0.717, 1.165) is 0 Å². The Morgan fingerprint density at radius 1 is 1.44 bits per heavy atom. The molecule has 0 spiro atoms. The Bertz CT molecular complexity index is 729. The fourth-order valence-electron chi connectivity index (χ4n) is 1.60. The first-order valence-electron chi connectivity index (χ1n) is 4.58. The molecule has 0 aliphatic heterocycles. The van der Waals surface area contributed by atoms with Crippen LogP contribution in [0.1, 0.15) is 0 Å². The number of ether oxygens (including phenoxy) is 1. The Labute approximate surface area is 88.7 Å². The molecular formula is C9H7N5O2. The van der Waals surface area contributed by atoms with Gasteiger partial charge in [-0.1, -0.05) is 5.10 Å². The Morgan fingerprint density at radius 2 is 2.31 bits per heavy atom. The predicted molar refractivity (Wildman–Crippen MR) is 55.5 cm³/mol. The Hall–Kier alpha value is -2.44. The molecule has 0 amide bonds. The van der Waals surface area contributed by atoms with Crippen LogP contribution in [-0.2, 0) is 0 Å². The van der Waals surface area contributed by atoms with Crippen molar-refractivity contribution in [3.05, 3.63) is 28.6 Å². The maximum atomic E-state index is 11.7. The molecule has 0 bridgehead atoms. The van der Waals surface area contributed by atoms with Gasteiger partial charge in [0, 0.05) is 6.07 Å². The highest BCUT2D eigenvalue weighted by Crippen LogP contribution is 2.17. The van der Waals surface area contributed by atoms with Gasteiger partial charge in [-0.2, -0.15) is 4.52 Å². The summed E-state index contributed by atoms with van der Waals surface area (Å²) < 4.78 is 6.55. The molecule has 1 N–H and O–H groups in total. The monoisotopic (exact) mass is 217 g/mol. The SMILES string of the molecule is COc1ccc2c(=O)[nH]c3nnnn3c2c1. The minimum absolute atomic E-state index is 0.222. The second-order valence-corrected chi connectivity index (χ2v) is 3.25. The first-order chi connectivity index (χ1) is 7.79. The highest BCUT2D eigenvalue weighted by Gasteiger charge is 2.07. The number of rotatable bonds is 1. The number of aromatic amines is 1. The smallest absolute Gasteiger partial charge is 0.260 e. The van der Waals surface area contributed by atoms with Crippen LogP contribution >= 0.6 is 0 Å². The number of hydrogen-bond acceptors (Lipinski definition) is 5. The number of tetrazole rings is 1. The molecule has 1 aromatic carbocycles. The van der Waals surface area contributed by atoms with E-state index in [4.69, 9.17) is 4.74 Å². The van der Waals surface area contributed by atoms with Crippen LogP contribution in [-0.4, -0.2) is 32.1 Å². The molecule has 0 radical (unpaired) electrons. The second-order valence-electron chi connectivity index (χ2n) is 3.25. The molecule has 2 heterocycles. The highest BCUT2D eigenvalue weighted by atomic mass is 16.5. The van der Waals surface area contributed by atoms with Crippen LogP contribution in [0.3, 0.4) is 0 Å². The summed E-state index contributed by atoms with van der Waals surface area (Å²) in [4.78, 5) is 14.3. The van der Waals surface area contributed by atoms with E-state index in [-0.39, 0.29) is 5.56 Å². The van der Waals surface area contributed by atoms with Crippen LogP contribution in [0.5, 0.6) is 5.75 Å². The van der Waals surface area contributed by atoms with Gasteiger partial charge in [0.25, 0.3) is 11.3 Å². The van der Waals surface area contributed by atoms with Crippen molar-refractivity contribution in [1.29, 1.82) is 0 Å². The van der Waals surface area contributed by atoms with Crippen molar-refractivity contribution in [1.82, 2.24) is 25.0 Å². The van der Waals surface area contributed by atoms with Crippen LogP contribution in [0.4, 0.5) is 0 Å². The summed E-state index contributed by atoms with van der Waals surface area (Å²) in [7, 11) is 1.56. The van der Waals surface area contributed by atoms with E-state index in [1.165, 1.54) is 4.52 Å². The molecule has 0 atom stereocenters. The molecular weight excluding hydrogens is 210 g/mol. The van der Waals surface area contributed by atoms with Crippen LogP contribution in [0.15, 0.2) is 23.0 Å². The quantitative estimate of drug-likeness (QED) is 0.618. The van der Waals surface area contributed by atoms with Crippen molar-refractivity contribution in [2.45, 2.75) is 0 Å². The number of H-pyrrole nitrogens is 1. The molecule has 0 fully saturated rings. The molecule has 0 saturated heterocycles. The lowest BCUT2D eigenvalue weighted by molar-refractivity contribution is 0.415. The molecule has 7 nitrogen and oxygen atoms in total. The van der Waals surface area contributed by atoms with Gasteiger partial charge in [-0.15, -0.1) is 0 Å². The van der Waals surface area contributed by atoms with Gasteiger partial charge in [0.2, 0.25) is 0 Å². The Balaban J connectivity index is 2.57. The Kier molecular flexibility index (Phi) is 1.67. The number of fused-ring (bicyclic) bond motifs is 3. The maximum absolute atomic E-state index is 11.7. The van der Waals surface area contributed by atoms with Crippen LogP contribution < -0.4 is 10.3 Å². The summed E-state index contributed by atoms with van der Waals surface area (Å²) in [5.41, 5.74) is 0.392. The van der Waals surface area contributed by atoms with Gasteiger partial charge in [-0.25, -0.2) is 0 Å². The van der Waals surface area contributed by atoms with E-state index < -0.39 is 0 Å². The lowest BCUT2D eigenvalue weighted by atomic mass is 10.2. The summed E-state index contributed by atoms with van der Waals surface area (Å²) in [6, 6.07) is 5.11. The third kappa shape index (κ3) is 1.08. The van der Waals surface area contributed by atoms with Crippen LogP contribution in [0, 0.1) is 0 Å². The summed E-state index contributed by atoms with van der Waals surface area (Å²) in [5.74, 6) is 0.959. The molecule has 80 valence electrons. The zero-order valence-corrected chi connectivity index (χ0v) is 8.34. The summed E-state index contributed by atoms with van der Waals surface area (Å²) >= 11 is 0. The molecule has 0 unspecified atom stereocenters. The predicted octanol–water partition coefficient (Wildman–Crippen LogP) is -0.0256. The highest BCUT2D eigenvalue weighted by molar-refractivity contribution is 5.80. The number of methoxy groups -OCH3 is 1. The van der Waals surface area contributed by atoms with Gasteiger partial charge in [-0.3, -0.25) is 9.78 Å². The molecule has 0 saturated carbocycles. The first-order valence-corrected chi connectivity index (χ1v) is 4.58. The average Bonchev–Trinajstić information content (AvgIpc) is 2.76. The second kappa shape index (κ2) is 3.02. The average molecular weight is 217 g/mol. The number of hydrogen-bond donors (Lipinski definition) is 1. The normalized spacial score (nSPS) is 11.1.